The third-order valence-corrected chi connectivity index (χ3v) is 5.30. The fraction of sp³-hybridized carbons (Fsp3) is 0.955. The van der Waals surface area contributed by atoms with Gasteiger partial charge in [0.25, 0.3) is 0 Å². The molecule has 0 heterocycles. The molecule has 0 aliphatic heterocycles. The second-order valence-corrected chi connectivity index (χ2v) is 7.80. The van der Waals surface area contributed by atoms with E-state index in [1.54, 1.807) is 0 Å². The van der Waals surface area contributed by atoms with E-state index in [0.29, 0.717) is 6.42 Å². The molecule has 1 atom stereocenters. The van der Waals surface area contributed by atoms with Crippen LogP contribution in [-0.2, 0) is 9.53 Å². The molecule has 0 aliphatic carbocycles. The molecule has 0 aromatic rings. The zero-order valence-corrected chi connectivity index (χ0v) is 17.1. The van der Waals surface area contributed by atoms with Crippen molar-refractivity contribution in [3.05, 3.63) is 0 Å². The molecule has 0 spiro atoms. The molecule has 0 aromatic carbocycles. The van der Waals surface area contributed by atoms with Crippen molar-refractivity contribution in [2.24, 2.45) is 11.8 Å². The Morgan fingerprint density at radius 3 is 1.67 bits per heavy atom. The first-order valence-electron chi connectivity index (χ1n) is 10.7. The lowest BCUT2D eigenvalue weighted by atomic mass is 9.85. The van der Waals surface area contributed by atoms with Gasteiger partial charge in [-0.3, -0.25) is 4.79 Å². The van der Waals surface area contributed by atoms with Crippen molar-refractivity contribution in [3.8, 4) is 0 Å². The first kappa shape index (κ1) is 23.5. The Morgan fingerprint density at radius 1 is 0.750 bits per heavy atom. The van der Waals surface area contributed by atoms with E-state index >= 15 is 0 Å². The van der Waals surface area contributed by atoms with Gasteiger partial charge in [0.15, 0.2) is 0 Å². The Labute approximate surface area is 152 Å². The van der Waals surface area contributed by atoms with Crippen molar-refractivity contribution in [3.63, 3.8) is 0 Å². The minimum absolute atomic E-state index is 0.0653. The molecule has 0 fully saturated rings. The summed E-state index contributed by atoms with van der Waals surface area (Å²) in [6.45, 7) is 7.08. The average Bonchev–Trinajstić information content (AvgIpc) is 2.57. The predicted molar refractivity (Wildman–Crippen MR) is 105 cm³/mol. The number of methoxy groups -OCH3 is 1. The largest absolute Gasteiger partial charge is 0.469 e. The van der Waals surface area contributed by atoms with E-state index in [-0.39, 0.29) is 5.97 Å². The molecule has 144 valence electrons. The summed E-state index contributed by atoms with van der Waals surface area (Å²) in [5.74, 6) is 1.70. The zero-order valence-electron chi connectivity index (χ0n) is 17.1. The summed E-state index contributed by atoms with van der Waals surface area (Å²) in [6, 6.07) is 0. The highest BCUT2D eigenvalue weighted by Crippen LogP contribution is 2.25. The monoisotopic (exact) mass is 340 g/mol. The first-order valence-corrected chi connectivity index (χ1v) is 10.7. The minimum atomic E-state index is -0.0653. The van der Waals surface area contributed by atoms with Crippen molar-refractivity contribution in [1.82, 2.24) is 0 Å². The van der Waals surface area contributed by atoms with Crippen LogP contribution in [0, 0.1) is 11.8 Å². The smallest absolute Gasteiger partial charge is 0.305 e. The Hall–Kier alpha value is -0.530. The number of carbonyl (C=O) groups excluding carboxylic acids is 1. The summed E-state index contributed by atoms with van der Waals surface area (Å²) >= 11 is 0. The van der Waals surface area contributed by atoms with Gasteiger partial charge in [0.1, 0.15) is 0 Å². The number of unbranched alkanes of at least 4 members (excludes halogenated alkanes) is 10. The number of esters is 1. The lowest BCUT2D eigenvalue weighted by Crippen LogP contribution is -2.08. The minimum Gasteiger partial charge on any atom is -0.469 e. The van der Waals surface area contributed by atoms with E-state index in [1.165, 1.54) is 90.6 Å². The van der Waals surface area contributed by atoms with Crippen LogP contribution in [0.3, 0.4) is 0 Å². The summed E-state index contributed by atoms with van der Waals surface area (Å²) in [5.41, 5.74) is 0. The second-order valence-electron chi connectivity index (χ2n) is 7.80. The van der Waals surface area contributed by atoms with Crippen molar-refractivity contribution >= 4 is 5.97 Å². The Balaban J connectivity index is 3.52. The molecule has 2 nitrogen and oxygen atoms in total. The third kappa shape index (κ3) is 15.0. The predicted octanol–water partition coefficient (Wildman–Crippen LogP) is 7.30. The molecule has 2 heteroatoms. The van der Waals surface area contributed by atoms with Crippen LogP contribution in [0.25, 0.3) is 0 Å². The topological polar surface area (TPSA) is 26.3 Å². The van der Waals surface area contributed by atoms with Crippen molar-refractivity contribution in [2.75, 3.05) is 7.11 Å². The number of carbonyl (C=O) groups is 1. The quantitative estimate of drug-likeness (QED) is 0.205. The lowest BCUT2D eigenvalue weighted by molar-refractivity contribution is -0.140. The molecule has 1 unspecified atom stereocenters. The fourth-order valence-corrected chi connectivity index (χ4v) is 3.48. The van der Waals surface area contributed by atoms with Crippen molar-refractivity contribution in [2.45, 2.75) is 117 Å². The van der Waals surface area contributed by atoms with Gasteiger partial charge < -0.3 is 4.74 Å². The van der Waals surface area contributed by atoms with Crippen LogP contribution in [0.15, 0.2) is 0 Å². The molecule has 0 aliphatic rings. The molecular weight excluding hydrogens is 296 g/mol. The summed E-state index contributed by atoms with van der Waals surface area (Å²) in [5, 5.41) is 0. The van der Waals surface area contributed by atoms with Crippen LogP contribution in [0.4, 0.5) is 0 Å². The van der Waals surface area contributed by atoms with Crippen LogP contribution >= 0.6 is 0 Å². The molecule has 0 saturated heterocycles. The van der Waals surface area contributed by atoms with Gasteiger partial charge >= 0.3 is 5.97 Å². The first-order chi connectivity index (χ1) is 11.6. The van der Waals surface area contributed by atoms with E-state index in [4.69, 9.17) is 0 Å². The van der Waals surface area contributed by atoms with Crippen LogP contribution < -0.4 is 0 Å². The van der Waals surface area contributed by atoms with Crippen LogP contribution in [0.5, 0.6) is 0 Å². The molecule has 24 heavy (non-hydrogen) atoms. The van der Waals surface area contributed by atoms with E-state index in [0.717, 1.165) is 18.3 Å². The molecule has 0 saturated carbocycles. The number of hydrogen-bond acceptors (Lipinski definition) is 2. The Kier molecular flexibility index (Phi) is 16.9. The van der Waals surface area contributed by atoms with E-state index in [9.17, 15) is 4.79 Å². The highest BCUT2D eigenvalue weighted by molar-refractivity contribution is 5.68. The van der Waals surface area contributed by atoms with E-state index in [2.05, 4.69) is 25.5 Å². The number of hydrogen-bond donors (Lipinski definition) is 0. The molecule has 0 amide bonds. The molecule has 0 aromatic heterocycles. The molecule has 0 N–H and O–H groups in total. The van der Waals surface area contributed by atoms with Crippen LogP contribution in [0.2, 0.25) is 0 Å². The van der Waals surface area contributed by atoms with Gasteiger partial charge in [0.2, 0.25) is 0 Å². The highest BCUT2D eigenvalue weighted by Gasteiger charge is 2.12. The lowest BCUT2D eigenvalue weighted by Gasteiger charge is -2.20. The summed E-state index contributed by atoms with van der Waals surface area (Å²) in [6.07, 6.45) is 19.4. The molecule has 0 rings (SSSR count). The van der Waals surface area contributed by atoms with Gasteiger partial charge in [-0.1, -0.05) is 104 Å². The van der Waals surface area contributed by atoms with Crippen molar-refractivity contribution in [1.29, 1.82) is 0 Å². The fourth-order valence-electron chi connectivity index (χ4n) is 3.48. The van der Waals surface area contributed by atoms with Crippen LogP contribution in [-0.4, -0.2) is 13.1 Å². The van der Waals surface area contributed by atoms with Gasteiger partial charge in [0, 0.05) is 6.42 Å². The van der Waals surface area contributed by atoms with Gasteiger partial charge in [-0.15, -0.1) is 0 Å². The number of rotatable bonds is 17. The Morgan fingerprint density at radius 2 is 1.21 bits per heavy atom. The molecule has 0 bridgehead atoms. The third-order valence-electron chi connectivity index (χ3n) is 5.30. The maximum absolute atomic E-state index is 11.0. The zero-order chi connectivity index (χ0) is 18.0. The van der Waals surface area contributed by atoms with Gasteiger partial charge in [-0.25, -0.2) is 0 Å². The van der Waals surface area contributed by atoms with Gasteiger partial charge in [-0.05, 0) is 18.3 Å². The highest BCUT2D eigenvalue weighted by atomic mass is 16.5. The summed E-state index contributed by atoms with van der Waals surface area (Å²) in [7, 11) is 1.47. The maximum Gasteiger partial charge on any atom is 0.305 e. The van der Waals surface area contributed by atoms with E-state index < -0.39 is 0 Å². The molecular formula is C22H44O2. The van der Waals surface area contributed by atoms with Crippen LogP contribution in [0.1, 0.15) is 117 Å². The number of ether oxygens (including phenoxy) is 1. The summed E-state index contributed by atoms with van der Waals surface area (Å²) in [4.78, 5) is 11.0. The van der Waals surface area contributed by atoms with Gasteiger partial charge in [-0.2, -0.15) is 0 Å². The summed E-state index contributed by atoms with van der Waals surface area (Å²) < 4.78 is 4.66. The maximum atomic E-state index is 11.0. The average molecular weight is 341 g/mol. The van der Waals surface area contributed by atoms with Crippen molar-refractivity contribution < 1.29 is 9.53 Å². The SMILES string of the molecule is CCCCCCCCC(CCCCCCCCC(=O)OC)C(C)C. The van der Waals surface area contributed by atoms with Gasteiger partial charge in [0.05, 0.1) is 7.11 Å². The standard InChI is InChI=1S/C22H44O2/c1-5-6-7-8-11-14-17-21(20(2)3)18-15-12-9-10-13-16-19-22(23)24-4/h20-21H,5-19H2,1-4H3. The molecule has 0 radical (unpaired) electrons. The van der Waals surface area contributed by atoms with E-state index in [1.807, 2.05) is 0 Å². The normalized spacial score (nSPS) is 12.5. The Bertz CT molecular complexity index is 273. The second kappa shape index (κ2) is 17.3.